The van der Waals surface area contributed by atoms with Gasteiger partial charge in [0.05, 0.1) is 31.9 Å². The Balaban J connectivity index is 2.24. The fourth-order valence-corrected chi connectivity index (χ4v) is 2.00. The maximum Gasteiger partial charge on any atom is 0.337 e. The lowest BCUT2D eigenvalue weighted by molar-refractivity contribution is -0.128. The minimum Gasteiger partial charge on any atom is -0.465 e. The minimum atomic E-state index is -0.432. The van der Waals surface area contributed by atoms with Gasteiger partial charge in [0, 0.05) is 5.69 Å². The highest BCUT2D eigenvalue weighted by Gasteiger charge is 2.29. The third-order valence-electron chi connectivity index (χ3n) is 2.95. The van der Waals surface area contributed by atoms with Crippen molar-refractivity contribution in [2.75, 3.05) is 31.8 Å². The lowest BCUT2D eigenvalue weighted by Crippen LogP contribution is -2.51. The molecular formula is C13H15NO5. The van der Waals surface area contributed by atoms with Crippen molar-refractivity contribution < 1.29 is 24.2 Å². The molecule has 6 nitrogen and oxygen atoms in total. The number of ether oxygens (including phenoxy) is 2. The molecule has 1 N–H and O–H groups in total. The Morgan fingerprint density at radius 3 is 2.74 bits per heavy atom. The van der Waals surface area contributed by atoms with Gasteiger partial charge in [-0.05, 0) is 24.3 Å². The van der Waals surface area contributed by atoms with Crippen LogP contribution in [-0.4, -0.2) is 50.0 Å². The van der Waals surface area contributed by atoms with Crippen molar-refractivity contribution >= 4 is 17.6 Å². The van der Waals surface area contributed by atoms with Crippen LogP contribution < -0.4 is 4.90 Å². The summed E-state index contributed by atoms with van der Waals surface area (Å²) in [5.41, 5.74) is 1.03. The number of hydrogen-bond acceptors (Lipinski definition) is 5. The van der Waals surface area contributed by atoms with Crippen LogP contribution in [-0.2, 0) is 14.3 Å². The Labute approximate surface area is 110 Å². The molecule has 1 fully saturated rings. The summed E-state index contributed by atoms with van der Waals surface area (Å²) in [6.07, 6.45) is 0. The number of morpholine rings is 1. The van der Waals surface area contributed by atoms with E-state index < -0.39 is 12.0 Å². The molecule has 0 spiro atoms. The fraction of sp³-hybridized carbons (Fsp3) is 0.385. The monoisotopic (exact) mass is 265 g/mol. The van der Waals surface area contributed by atoms with Crippen LogP contribution >= 0.6 is 0 Å². The highest BCUT2D eigenvalue weighted by Crippen LogP contribution is 2.21. The number of carbonyl (C=O) groups is 2. The molecule has 1 aromatic carbocycles. The normalized spacial score (nSPS) is 19.4. The quantitative estimate of drug-likeness (QED) is 0.790. The number of hydrogen-bond donors (Lipinski definition) is 1. The summed E-state index contributed by atoms with van der Waals surface area (Å²) in [6.45, 7) is 0.112. The van der Waals surface area contributed by atoms with E-state index in [1.165, 1.54) is 12.0 Å². The van der Waals surface area contributed by atoms with Gasteiger partial charge in [0.25, 0.3) is 5.91 Å². The molecule has 1 atom stereocenters. The van der Waals surface area contributed by atoms with Gasteiger partial charge in [0.1, 0.15) is 6.61 Å². The zero-order valence-corrected chi connectivity index (χ0v) is 10.5. The largest absolute Gasteiger partial charge is 0.465 e. The van der Waals surface area contributed by atoms with E-state index in [2.05, 4.69) is 4.74 Å². The molecule has 6 heteroatoms. The molecular weight excluding hydrogens is 250 g/mol. The molecule has 2 rings (SSSR count). The van der Waals surface area contributed by atoms with Crippen LogP contribution in [0, 0.1) is 0 Å². The maximum atomic E-state index is 11.8. The molecule has 1 aliphatic heterocycles. The van der Waals surface area contributed by atoms with Gasteiger partial charge >= 0.3 is 5.97 Å². The first-order valence-electron chi connectivity index (χ1n) is 5.86. The Hall–Kier alpha value is -1.92. The van der Waals surface area contributed by atoms with E-state index in [1.807, 2.05) is 0 Å². The van der Waals surface area contributed by atoms with E-state index in [0.717, 1.165) is 0 Å². The first kappa shape index (κ1) is 13.5. The second-order valence-electron chi connectivity index (χ2n) is 4.15. The SMILES string of the molecule is COC(=O)c1ccc(N2C(=O)COCC2CO)cc1. The Kier molecular flexibility index (Phi) is 4.13. The summed E-state index contributed by atoms with van der Waals surface area (Å²) < 4.78 is 9.70. The van der Waals surface area contributed by atoms with Gasteiger partial charge in [-0.3, -0.25) is 4.79 Å². The molecule has 19 heavy (non-hydrogen) atoms. The number of carbonyl (C=O) groups excluding carboxylic acids is 2. The van der Waals surface area contributed by atoms with Gasteiger partial charge in [-0.2, -0.15) is 0 Å². The van der Waals surface area contributed by atoms with Crippen LogP contribution in [0.2, 0.25) is 0 Å². The number of rotatable bonds is 3. The number of esters is 1. The average molecular weight is 265 g/mol. The summed E-state index contributed by atoms with van der Waals surface area (Å²) in [5, 5.41) is 9.27. The van der Waals surface area contributed by atoms with E-state index in [0.29, 0.717) is 17.9 Å². The van der Waals surface area contributed by atoms with Crippen molar-refractivity contribution in [3.8, 4) is 0 Å². The average Bonchev–Trinajstić information content (AvgIpc) is 2.46. The zero-order chi connectivity index (χ0) is 13.8. The Morgan fingerprint density at radius 1 is 1.47 bits per heavy atom. The fourth-order valence-electron chi connectivity index (χ4n) is 2.00. The molecule has 0 radical (unpaired) electrons. The number of methoxy groups -OCH3 is 1. The zero-order valence-electron chi connectivity index (χ0n) is 10.5. The Morgan fingerprint density at radius 2 is 2.16 bits per heavy atom. The summed E-state index contributed by atoms with van der Waals surface area (Å²) >= 11 is 0. The van der Waals surface area contributed by atoms with Crippen molar-refractivity contribution in [2.45, 2.75) is 6.04 Å². The maximum absolute atomic E-state index is 11.8. The molecule has 1 saturated heterocycles. The lowest BCUT2D eigenvalue weighted by atomic mass is 10.1. The molecule has 0 bridgehead atoms. The van der Waals surface area contributed by atoms with Crippen LogP contribution in [0.4, 0.5) is 5.69 Å². The predicted octanol–water partition coefficient (Wildman–Crippen LogP) is 0.197. The predicted molar refractivity (Wildman–Crippen MR) is 67.0 cm³/mol. The summed E-state index contributed by atoms with van der Waals surface area (Å²) in [7, 11) is 1.31. The van der Waals surface area contributed by atoms with Crippen LogP contribution in [0.5, 0.6) is 0 Å². The molecule has 1 amide bonds. The number of amides is 1. The van der Waals surface area contributed by atoms with E-state index in [4.69, 9.17) is 4.74 Å². The van der Waals surface area contributed by atoms with Crippen LogP contribution in [0.25, 0.3) is 0 Å². The van der Waals surface area contributed by atoms with Gasteiger partial charge < -0.3 is 19.5 Å². The van der Waals surface area contributed by atoms with Crippen molar-refractivity contribution in [1.82, 2.24) is 0 Å². The van der Waals surface area contributed by atoms with Crippen LogP contribution in [0.15, 0.2) is 24.3 Å². The molecule has 0 saturated carbocycles. The summed E-state index contributed by atoms with van der Waals surface area (Å²) in [6, 6.07) is 6.07. The first-order valence-corrected chi connectivity index (χ1v) is 5.86. The molecule has 1 aliphatic rings. The summed E-state index contributed by atoms with van der Waals surface area (Å²) in [4.78, 5) is 24.7. The van der Waals surface area contributed by atoms with Crippen LogP contribution in [0.1, 0.15) is 10.4 Å². The van der Waals surface area contributed by atoms with E-state index in [9.17, 15) is 14.7 Å². The molecule has 102 valence electrons. The third-order valence-corrected chi connectivity index (χ3v) is 2.95. The van der Waals surface area contributed by atoms with Gasteiger partial charge in [0.2, 0.25) is 0 Å². The number of benzene rings is 1. The Bertz CT molecular complexity index is 470. The van der Waals surface area contributed by atoms with Gasteiger partial charge in [-0.1, -0.05) is 0 Å². The molecule has 0 aromatic heterocycles. The third kappa shape index (κ3) is 2.74. The molecule has 0 aliphatic carbocycles. The number of nitrogens with zero attached hydrogens (tertiary/aromatic N) is 1. The molecule has 1 heterocycles. The first-order chi connectivity index (χ1) is 9.17. The van der Waals surface area contributed by atoms with Gasteiger partial charge in [0.15, 0.2) is 0 Å². The topological polar surface area (TPSA) is 76.1 Å². The van der Waals surface area contributed by atoms with Crippen molar-refractivity contribution in [3.63, 3.8) is 0 Å². The van der Waals surface area contributed by atoms with E-state index in [1.54, 1.807) is 24.3 Å². The second kappa shape index (κ2) is 5.81. The number of aliphatic hydroxyl groups is 1. The van der Waals surface area contributed by atoms with Crippen molar-refractivity contribution in [1.29, 1.82) is 0 Å². The second-order valence-corrected chi connectivity index (χ2v) is 4.15. The number of aliphatic hydroxyl groups excluding tert-OH is 1. The van der Waals surface area contributed by atoms with E-state index in [-0.39, 0.29) is 19.1 Å². The summed E-state index contributed by atoms with van der Waals surface area (Å²) in [5.74, 6) is -0.644. The number of anilines is 1. The van der Waals surface area contributed by atoms with Gasteiger partial charge in [-0.25, -0.2) is 4.79 Å². The van der Waals surface area contributed by atoms with Crippen LogP contribution in [0.3, 0.4) is 0 Å². The lowest BCUT2D eigenvalue weighted by Gasteiger charge is -2.34. The standard InChI is InChI=1S/C13H15NO5/c1-18-13(17)9-2-4-10(5-3-9)14-11(6-15)7-19-8-12(14)16/h2-5,11,15H,6-8H2,1H3. The highest BCUT2D eigenvalue weighted by molar-refractivity contribution is 5.96. The molecule has 1 unspecified atom stereocenters. The van der Waals surface area contributed by atoms with Crippen molar-refractivity contribution in [3.05, 3.63) is 29.8 Å². The van der Waals surface area contributed by atoms with Gasteiger partial charge in [-0.15, -0.1) is 0 Å². The van der Waals surface area contributed by atoms with Crippen molar-refractivity contribution in [2.24, 2.45) is 0 Å². The smallest absolute Gasteiger partial charge is 0.337 e. The molecule has 1 aromatic rings. The minimum absolute atomic E-state index is 0.00471. The highest BCUT2D eigenvalue weighted by atomic mass is 16.5. The van der Waals surface area contributed by atoms with E-state index >= 15 is 0 Å².